The molecule has 16 heteroatoms. The molecule has 1 rings (SSSR count). The molecular weight excluding hydrogens is 428 g/mol. The maximum absolute atomic E-state index is 13.4. The van der Waals surface area contributed by atoms with Crippen LogP contribution in [0.2, 0.25) is 0 Å². The third kappa shape index (κ3) is 3.89. The minimum atomic E-state index is -6.82. The van der Waals surface area contributed by atoms with Crippen LogP contribution >= 0.6 is 0 Å². The van der Waals surface area contributed by atoms with Gasteiger partial charge in [-0.2, -0.15) is 47.7 Å². The summed E-state index contributed by atoms with van der Waals surface area (Å²) in [7, 11) is -6.82. The van der Waals surface area contributed by atoms with Gasteiger partial charge in [0.15, 0.2) is 28.2 Å². The van der Waals surface area contributed by atoms with Crippen LogP contribution < -0.4 is 0 Å². The fourth-order valence-corrected chi connectivity index (χ4v) is 2.46. The second kappa shape index (κ2) is 6.64. The molecule has 0 atom stereocenters. The van der Waals surface area contributed by atoms with E-state index in [4.69, 9.17) is 0 Å². The zero-order valence-electron chi connectivity index (χ0n) is 11.2. The fraction of sp³-hybridized carbons (Fsp3) is 0.200. The van der Waals surface area contributed by atoms with E-state index in [9.17, 15) is 61.1 Å². The molecule has 0 spiro atoms. The van der Waals surface area contributed by atoms with Crippen molar-refractivity contribution in [2.75, 3.05) is 0 Å². The second-order valence-corrected chi connectivity index (χ2v) is 5.57. The first-order valence-corrected chi connectivity index (χ1v) is 6.83. The van der Waals surface area contributed by atoms with Gasteiger partial charge < -0.3 is 0 Å². The predicted molar refractivity (Wildman–Crippen MR) is 54.8 cm³/mol. The molecule has 3 nitrogen and oxygen atoms in total. The molecule has 0 aliphatic heterocycles. The van der Waals surface area contributed by atoms with Gasteiger partial charge in [0.05, 0.1) is 0 Å². The van der Waals surface area contributed by atoms with E-state index in [-0.39, 0.29) is 0 Å². The van der Waals surface area contributed by atoms with Crippen molar-refractivity contribution in [1.82, 2.24) is 0 Å². The van der Waals surface area contributed by atoms with Crippen molar-refractivity contribution in [2.45, 2.75) is 17.2 Å². The van der Waals surface area contributed by atoms with Crippen molar-refractivity contribution in [3.63, 3.8) is 0 Å². The summed E-state index contributed by atoms with van der Waals surface area (Å²) < 4.78 is 177. The average molecular weight is 428 g/mol. The van der Waals surface area contributed by atoms with Crippen LogP contribution in [0.15, 0.2) is 16.8 Å². The summed E-state index contributed by atoms with van der Waals surface area (Å²) in [6.45, 7) is 0. The van der Waals surface area contributed by atoms with Crippen LogP contribution in [-0.4, -0.2) is 14.5 Å². The van der Waals surface area contributed by atoms with E-state index in [1.165, 1.54) is 0 Å². The van der Waals surface area contributed by atoms with Crippen LogP contribution in [0.4, 0.5) is 52.7 Å². The van der Waals surface area contributed by atoms with E-state index in [0.29, 0.717) is 0 Å². The standard InChI is InChI=1S/C10F12O3S/c11-2-1(9(18,19)20)3(12)5(14)6(4(2)13)26(23,24)25-10(21,22)7(15)8(16)17. The molecule has 1 aromatic rings. The van der Waals surface area contributed by atoms with Gasteiger partial charge in [-0.1, -0.05) is 0 Å². The van der Waals surface area contributed by atoms with E-state index in [2.05, 4.69) is 4.18 Å². The lowest BCUT2D eigenvalue weighted by Crippen LogP contribution is -2.28. The molecule has 0 saturated heterocycles. The minimum absolute atomic E-state index is 2.46. The maximum atomic E-state index is 13.4. The van der Waals surface area contributed by atoms with Crippen LogP contribution in [0, 0.1) is 23.3 Å². The Hall–Kier alpha value is -1.97. The summed E-state index contributed by atoms with van der Waals surface area (Å²) in [6.07, 6.45) is -16.0. The van der Waals surface area contributed by atoms with E-state index in [1.807, 2.05) is 0 Å². The van der Waals surface area contributed by atoms with Gasteiger partial charge in [0.1, 0.15) is 5.56 Å². The quantitative estimate of drug-likeness (QED) is 0.399. The highest BCUT2D eigenvalue weighted by Crippen LogP contribution is 2.40. The molecule has 148 valence electrons. The minimum Gasteiger partial charge on any atom is -0.203 e. The largest absolute Gasteiger partial charge is 0.428 e. The zero-order valence-corrected chi connectivity index (χ0v) is 12.0. The van der Waals surface area contributed by atoms with Crippen molar-refractivity contribution >= 4 is 10.1 Å². The van der Waals surface area contributed by atoms with E-state index in [1.54, 1.807) is 0 Å². The van der Waals surface area contributed by atoms with Gasteiger partial charge in [-0.05, 0) is 0 Å². The highest BCUT2D eigenvalue weighted by molar-refractivity contribution is 7.86. The summed E-state index contributed by atoms with van der Waals surface area (Å²) in [5, 5.41) is 0. The first kappa shape index (κ1) is 22.1. The Morgan fingerprint density at radius 1 is 0.769 bits per heavy atom. The Labute approximate surface area is 134 Å². The second-order valence-electron chi connectivity index (χ2n) is 4.09. The Kier molecular flexibility index (Phi) is 5.64. The molecule has 0 N–H and O–H groups in total. The third-order valence-corrected chi connectivity index (χ3v) is 3.68. The molecule has 0 radical (unpaired) electrons. The smallest absolute Gasteiger partial charge is 0.203 e. The van der Waals surface area contributed by atoms with Crippen molar-refractivity contribution in [1.29, 1.82) is 0 Å². The van der Waals surface area contributed by atoms with Crippen molar-refractivity contribution in [2.24, 2.45) is 0 Å². The Morgan fingerprint density at radius 2 is 1.15 bits per heavy atom. The summed E-state index contributed by atoms with van der Waals surface area (Å²) in [4.78, 5) is -3.16. The van der Waals surface area contributed by atoms with Gasteiger partial charge in [0.2, 0.25) is 0 Å². The number of halogens is 12. The van der Waals surface area contributed by atoms with E-state index in [0.717, 1.165) is 0 Å². The SMILES string of the molecule is O=S(=O)(OC(F)(F)C(F)=C(F)F)c1c(F)c(F)c(C(F)(F)F)c(F)c1F. The van der Waals surface area contributed by atoms with Crippen LogP contribution in [0.1, 0.15) is 5.56 Å². The summed E-state index contributed by atoms with van der Waals surface area (Å²) >= 11 is 0. The molecule has 26 heavy (non-hydrogen) atoms. The molecule has 0 bridgehead atoms. The van der Waals surface area contributed by atoms with E-state index >= 15 is 0 Å². The predicted octanol–water partition coefficient (Wildman–Crippen LogP) is 4.64. The van der Waals surface area contributed by atoms with Gasteiger partial charge in [0, 0.05) is 0 Å². The summed E-state index contributed by atoms with van der Waals surface area (Å²) in [5.41, 5.74) is -3.25. The topological polar surface area (TPSA) is 43.4 Å². The fourth-order valence-electron chi connectivity index (χ4n) is 1.41. The van der Waals surface area contributed by atoms with E-state index < -0.39 is 68.0 Å². The lowest BCUT2D eigenvalue weighted by Gasteiger charge is -2.17. The molecule has 0 saturated carbocycles. The number of hydrogen-bond acceptors (Lipinski definition) is 3. The number of hydrogen-bond donors (Lipinski definition) is 0. The van der Waals surface area contributed by atoms with Crippen LogP contribution in [-0.2, 0) is 20.5 Å². The molecule has 0 heterocycles. The highest BCUT2D eigenvalue weighted by atomic mass is 32.2. The van der Waals surface area contributed by atoms with Gasteiger partial charge in [0.25, 0.3) is 5.83 Å². The lowest BCUT2D eigenvalue weighted by molar-refractivity contribution is -0.156. The van der Waals surface area contributed by atoms with Crippen molar-refractivity contribution in [3.05, 3.63) is 40.7 Å². The molecule has 0 fully saturated rings. The zero-order chi connectivity index (χ0) is 20.8. The molecule has 0 unspecified atom stereocenters. The van der Waals surface area contributed by atoms with Crippen LogP contribution in [0.5, 0.6) is 0 Å². The van der Waals surface area contributed by atoms with Gasteiger partial charge in [-0.25, -0.2) is 17.6 Å². The highest BCUT2D eigenvalue weighted by Gasteiger charge is 2.50. The normalized spacial score (nSPS) is 13.1. The van der Waals surface area contributed by atoms with Gasteiger partial charge in [-0.15, -0.1) is 0 Å². The lowest BCUT2D eigenvalue weighted by atomic mass is 10.1. The van der Waals surface area contributed by atoms with Crippen LogP contribution in [0.25, 0.3) is 0 Å². The summed E-state index contributed by atoms with van der Waals surface area (Å²) in [6, 6.07) is 0. The van der Waals surface area contributed by atoms with Crippen molar-refractivity contribution in [3.8, 4) is 0 Å². The molecule has 0 aromatic heterocycles. The molecular formula is C10F12O3S. The first-order chi connectivity index (χ1) is 11.4. The Bertz CT molecular complexity index is 837. The average Bonchev–Trinajstić information content (AvgIpc) is 2.41. The molecule has 0 amide bonds. The van der Waals surface area contributed by atoms with Crippen LogP contribution in [0.3, 0.4) is 0 Å². The monoisotopic (exact) mass is 428 g/mol. The maximum Gasteiger partial charge on any atom is 0.428 e. The number of alkyl halides is 5. The molecule has 0 aliphatic rings. The van der Waals surface area contributed by atoms with Gasteiger partial charge in [-0.3, -0.25) is 0 Å². The number of benzene rings is 1. The Morgan fingerprint density at radius 3 is 1.46 bits per heavy atom. The van der Waals surface area contributed by atoms with Crippen molar-refractivity contribution < 1.29 is 65.3 Å². The summed E-state index contributed by atoms with van der Waals surface area (Å²) in [5.74, 6) is -17.3. The Balaban J connectivity index is 3.71. The number of rotatable bonds is 4. The molecule has 0 aliphatic carbocycles. The first-order valence-electron chi connectivity index (χ1n) is 5.43. The molecule has 1 aromatic carbocycles. The third-order valence-electron chi connectivity index (χ3n) is 2.39. The van der Waals surface area contributed by atoms with Gasteiger partial charge >= 0.3 is 28.5 Å².